The van der Waals surface area contributed by atoms with Gasteiger partial charge in [0.15, 0.2) is 0 Å². The zero-order valence-corrected chi connectivity index (χ0v) is 26.3. The molecule has 254 valence electrons. The van der Waals surface area contributed by atoms with E-state index in [-0.39, 0.29) is 11.3 Å². The summed E-state index contributed by atoms with van der Waals surface area (Å²) in [6, 6.07) is 12.8. The maximum absolute atomic E-state index is 14.5. The van der Waals surface area contributed by atoms with Gasteiger partial charge in [-0.3, -0.25) is 0 Å². The predicted octanol–water partition coefficient (Wildman–Crippen LogP) is 10.2. The van der Waals surface area contributed by atoms with E-state index in [0.29, 0.717) is 12.1 Å². The Hall–Kier alpha value is -3.57. The number of unbranched alkanes of at least 4 members (excludes halogenated alkanes) is 2. The number of halogens is 8. The highest BCUT2D eigenvalue weighted by atomic mass is 19.4. The maximum Gasteiger partial charge on any atom is 0.378 e. The van der Waals surface area contributed by atoms with Crippen LogP contribution in [0.4, 0.5) is 35.1 Å². The van der Waals surface area contributed by atoms with Gasteiger partial charge in [0, 0.05) is 34.8 Å². The molecule has 0 unspecified atom stereocenters. The smallest absolute Gasteiger partial charge is 0.378 e. The lowest BCUT2D eigenvalue weighted by molar-refractivity contribution is -0.368. The molecule has 0 atom stereocenters. The number of aromatic nitrogens is 1. The molecule has 0 fully saturated rings. The molecule has 0 amide bonds. The van der Waals surface area contributed by atoms with Gasteiger partial charge in [-0.15, -0.1) is 0 Å². The SMILES string of the molecule is C=C(C)C(=O)OCCC(F)(F)C(F)(F)C(F)(F)C(F)(F)CCOc1ccc2cc(-c3ccc(CCCCC)cc3C)n(CC)c2c1. The lowest BCUT2D eigenvalue weighted by atomic mass is 9.95. The number of ether oxygens (including phenoxy) is 2. The van der Waals surface area contributed by atoms with Crippen molar-refractivity contribution in [3.05, 3.63) is 65.7 Å². The average Bonchev–Trinajstić information content (AvgIpc) is 3.34. The van der Waals surface area contributed by atoms with E-state index < -0.39 is 55.7 Å². The molecule has 0 spiro atoms. The third-order valence-corrected chi connectivity index (χ3v) is 7.82. The van der Waals surface area contributed by atoms with E-state index in [0.717, 1.165) is 54.8 Å². The van der Waals surface area contributed by atoms with E-state index in [1.165, 1.54) is 17.7 Å². The van der Waals surface area contributed by atoms with Crippen LogP contribution < -0.4 is 4.74 Å². The first-order valence-corrected chi connectivity index (χ1v) is 15.1. The Labute approximate surface area is 263 Å². The summed E-state index contributed by atoms with van der Waals surface area (Å²) in [5.74, 6) is -25.3. The van der Waals surface area contributed by atoms with Crippen LogP contribution in [0.1, 0.15) is 64.0 Å². The summed E-state index contributed by atoms with van der Waals surface area (Å²) in [6.45, 7) is 8.31. The van der Waals surface area contributed by atoms with Crippen molar-refractivity contribution in [1.29, 1.82) is 0 Å². The van der Waals surface area contributed by atoms with Gasteiger partial charge in [0.1, 0.15) is 5.75 Å². The van der Waals surface area contributed by atoms with Crippen molar-refractivity contribution >= 4 is 16.9 Å². The molecule has 0 saturated heterocycles. The molecule has 0 bridgehead atoms. The lowest BCUT2D eigenvalue weighted by Crippen LogP contribution is -2.62. The number of rotatable bonds is 17. The Bertz CT molecular complexity index is 1530. The first-order valence-electron chi connectivity index (χ1n) is 15.1. The summed E-state index contributed by atoms with van der Waals surface area (Å²) in [5.41, 5.74) is 4.60. The van der Waals surface area contributed by atoms with E-state index in [1.54, 1.807) is 6.07 Å². The number of aryl methyl sites for hydroxylation is 3. The molecular weight excluding hydrogens is 622 g/mol. The van der Waals surface area contributed by atoms with Crippen LogP contribution in [-0.2, 0) is 22.5 Å². The Morgan fingerprint density at radius 2 is 1.48 bits per heavy atom. The summed E-state index contributed by atoms with van der Waals surface area (Å²) in [4.78, 5) is 11.3. The van der Waals surface area contributed by atoms with Crippen molar-refractivity contribution in [2.75, 3.05) is 13.2 Å². The van der Waals surface area contributed by atoms with Crippen molar-refractivity contribution in [2.24, 2.45) is 0 Å². The summed E-state index contributed by atoms with van der Waals surface area (Å²) in [7, 11) is 0. The number of carbonyl (C=O) groups is 1. The van der Waals surface area contributed by atoms with Gasteiger partial charge >= 0.3 is 29.7 Å². The van der Waals surface area contributed by atoms with Crippen molar-refractivity contribution in [3.8, 4) is 17.0 Å². The van der Waals surface area contributed by atoms with Gasteiger partial charge in [0.05, 0.1) is 31.6 Å². The molecule has 12 heteroatoms. The molecule has 1 heterocycles. The molecule has 0 N–H and O–H groups in total. The second-order valence-corrected chi connectivity index (χ2v) is 11.4. The van der Waals surface area contributed by atoms with Gasteiger partial charge < -0.3 is 14.0 Å². The summed E-state index contributed by atoms with van der Waals surface area (Å²) in [5, 5.41) is 0.795. The van der Waals surface area contributed by atoms with E-state index >= 15 is 0 Å². The van der Waals surface area contributed by atoms with Gasteiger partial charge in [-0.05, 0) is 62.9 Å². The van der Waals surface area contributed by atoms with Crippen LogP contribution >= 0.6 is 0 Å². The minimum atomic E-state index is -6.47. The molecule has 46 heavy (non-hydrogen) atoms. The van der Waals surface area contributed by atoms with Crippen LogP contribution in [0, 0.1) is 6.92 Å². The van der Waals surface area contributed by atoms with Crippen molar-refractivity contribution in [2.45, 2.75) is 96.5 Å². The Morgan fingerprint density at radius 3 is 2.04 bits per heavy atom. The van der Waals surface area contributed by atoms with Crippen molar-refractivity contribution in [3.63, 3.8) is 0 Å². The van der Waals surface area contributed by atoms with Gasteiger partial charge in [-0.2, -0.15) is 35.1 Å². The van der Waals surface area contributed by atoms with Crippen LogP contribution in [0.25, 0.3) is 22.2 Å². The fourth-order valence-electron chi connectivity index (χ4n) is 5.10. The molecule has 0 radical (unpaired) electrons. The summed E-state index contributed by atoms with van der Waals surface area (Å²) >= 11 is 0. The van der Waals surface area contributed by atoms with Crippen LogP contribution in [0.2, 0.25) is 0 Å². The molecular formula is C34H39F8NO3. The van der Waals surface area contributed by atoms with Crippen LogP contribution in [0.3, 0.4) is 0 Å². The van der Waals surface area contributed by atoms with Gasteiger partial charge in [0.25, 0.3) is 0 Å². The molecule has 2 aromatic carbocycles. The maximum atomic E-state index is 14.5. The molecule has 0 aliphatic carbocycles. The zero-order chi connectivity index (χ0) is 34.5. The Morgan fingerprint density at radius 1 is 0.848 bits per heavy atom. The van der Waals surface area contributed by atoms with Crippen molar-refractivity contribution in [1.82, 2.24) is 4.57 Å². The number of esters is 1. The second kappa shape index (κ2) is 14.5. The van der Waals surface area contributed by atoms with E-state index in [9.17, 15) is 39.9 Å². The highest BCUT2D eigenvalue weighted by molar-refractivity contribution is 5.89. The molecule has 3 aromatic rings. The first kappa shape index (κ1) is 36.9. The lowest BCUT2D eigenvalue weighted by Gasteiger charge is -2.36. The minimum absolute atomic E-state index is 0.00498. The number of hydrogen-bond acceptors (Lipinski definition) is 3. The van der Waals surface area contributed by atoms with Crippen LogP contribution in [0.5, 0.6) is 5.75 Å². The largest absolute Gasteiger partial charge is 0.493 e. The van der Waals surface area contributed by atoms with E-state index in [2.05, 4.69) is 30.4 Å². The number of benzene rings is 2. The number of fused-ring (bicyclic) bond motifs is 1. The standard InChI is InChI=1S/C34H39F8NO3/c1-6-8-9-10-24-11-14-27(23(5)19-24)29-20-25-12-13-26(21-28(25)43(29)7-2)45-17-15-31(35,36)33(39,40)34(41,42)32(37,38)16-18-46-30(44)22(3)4/h11-14,19-21H,3,6-10,15-18H2,1-2,4-5H3. The average molecular weight is 662 g/mol. The summed E-state index contributed by atoms with van der Waals surface area (Å²) in [6.07, 6.45) is 0.265. The quantitative estimate of drug-likeness (QED) is 0.0626. The highest BCUT2D eigenvalue weighted by Gasteiger charge is 2.79. The van der Waals surface area contributed by atoms with E-state index in [1.807, 2.05) is 30.5 Å². The van der Waals surface area contributed by atoms with Crippen LogP contribution in [-0.4, -0.2) is 47.4 Å². The van der Waals surface area contributed by atoms with Crippen LogP contribution in [0.15, 0.2) is 54.6 Å². The third kappa shape index (κ3) is 7.69. The first-order chi connectivity index (χ1) is 21.4. The third-order valence-electron chi connectivity index (χ3n) is 7.82. The summed E-state index contributed by atoms with van der Waals surface area (Å²) < 4.78 is 126. The number of alkyl halides is 8. The molecule has 0 saturated carbocycles. The molecule has 1 aromatic heterocycles. The molecule has 3 rings (SSSR count). The Balaban J connectivity index is 1.74. The molecule has 4 nitrogen and oxygen atoms in total. The number of nitrogens with zero attached hydrogens (tertiary/aromatic N) is 1. The predicted molar refractivity (Wildman–Crippen MR) is 161 cm³/mol. The number of hydrogen-bond donors (Lipinski definition) is 0. The van der Waals surface area contributed by atoms with Gasteiger partial charge in [-0.25, -0.2) is 4.79 Å². The highest BCUT2D eigenvalue weighted by Crippen LogP contribution is 2.54. The van der Waals surface area contributed by atoms with Gasteiger partial charge in [0.2, 0.25) is 0 Å². The minimum Gasteiger partial charge on any atom is -0.493 e. The number of carbonyl (C=O) groups excluding carboxylic acids is 1. The second-order valence-electron chi connectivity index (χ2n) is 11.4. The van der Waals surface area contributed by atoms with Gasteiger partial charge in [-0.1, -0.05) is 44.5 Å². The fourth-order valence-corrected chi connectivity index (χ4v) is 5.10. The molecule has 0 aliphatic heterocycles. The zero-order valence-electron chi connectivity index (χ0n) is 26.3. The normalized spacial score (nSPS) is 12.9. The monoisotopic (exact) mass is 661 g/mol. The fraction of sp³-hybridized carbons (Fsp3) is 0.500. The Kier molecular flexibility index (Phi) is 11.6. The van der Waals surface area contributed by atoms with E-state index in [4.69, 9.17) is 4.74 Å². The van der Waals surface area contributed by atoms with Crippen molar-refractivity contribution < 1.29 is 49.4 Å². The topological polar surface area (TPSA) is 40.5 Å². The molecule has 0 aliphatic rings.